The van der Waals surface area contributed by atoms with E-state index in [1.165, 1.54) is 0 Å². The smallest absolute Gasteiger partial charge is 0.276 e. The summed E-state index contributed by atoms with van der Waals surface area (Å²) in [5.74, 6) is -1.69. The quantitative estimate of drug-likeness (QED) is 0.324. The minimum Gasteiger partial charge on any atom is -0.476 e. The molecule has 6 bridgehead atoms. The minimum absolute atomic E-state index is 0.118. The second-order valence-corrected chi connectivity index (χ2v) is 12.1. The van der Waals surface area contributed by atoms with E-state index in [0.717, 1.165) is 80.1 Å². The average Bonchev–Trinajstić information content (AvgIpc) is 3.01. The Morgan fingerprint density at radius 2 is 1.66 bits per heavy atom. The molecular formula is C33H42F2N4O2. The first-order chi connectivity index (χ1) is 20.0. The molecule has 6 aliphatic rings. The van der Waals surface area contributed by atoms with Crippen molar-refractivity contribution in [3.8, 4) is 5.88 Å². The van der Waals surface area contributed by atoms with Crippen LogP contribution >= 0.6 is 0 Å². The number of halogens is 2. The van der Waals surface area contributed by atoms with E-state index >= 15 is 8.78 Å². The molecule has 220 valence electrons. The van der Waals surface area contributed by atoms with Gasteiger partial charge in [-0.25, -0.2) is 8.78 Å². The van der Waals surface area contributed by atoms with Gasteiger partial charge in [-0.2, -0.15) is 0 Å². The predicted molar refractivity (Wildman–Crippen MR) is 159 cm³/mol. The third kappa shape index (κ3) is 6.27. The van der Waals surface area contributed by atoms with Crippen molar-refractivity contribution < 1.29 is 18.3 Å². The highest BCUT2D eigenvalue weighted by Crippen LogP contribution is 2.46. The lowest BCUT2D eigenvalue weighted by atomic mass is 9.75. The summed E-state index contributed by atoms with van der Waals surface area (Å²) in [6.07, 6.45) is 8.49. The van der Waals surface area contributed by atoms with Crippen LogP contribution in [0.2, 0.25) is 0 Å². The van der Waals surface area contributed by atoms with Gasteiger partial charge in [-0.15, -0.1) is 10.2 Å². The normalized spacial score (nSPS) is 25.7. The molecule has 8 heteroatoms. The fourth-order valence-electron chi connectivity index (χ4n) is 6.76. The molecule has 2 fully saturated rings. The van der Waals surface area contributed by atoms with Gasteiger partial charge in [0.2, 0.25) is 5.88 Å². The van der Waals surface area contributed by atoms with Crippen LogP contribution in [0, 0.1) is 11.8 Å². The molecule has 0 unspecified atom stereocenters. The summed E-state index contributed by atoms with van der Waals surface area (Å²) in [5.41, 5.74) is 2.03. The number of aromatic nitrogens is 2. The van der Waals surface area contributed by atoms with Crippen LogP contribution in [0.1, 0.15) is 81.9 Å². The highest BCUT2D eigenvalue weighted by Gasteiger charge is 2.43. The lowest BCUT2D eigenvalue weighted by molar-refractivity contribution is -0.0825. The fraction of sp³-hybridized carbons (Fsp3) is 0.576. The number of benzene rings is 2. The van der Waals surface area contributed by atoms with Gasteiger partial charge in [0.1, 0.15) is 0 Å². The van der Waals surface area contributed by atoms with Crippen molar-refractivity contribution in [3.63, 3.8) is 0 Å². The highest BCUT2D eigenvalue weighted by molar-refractivity contribution is 5.97. The molecule has 2 aromatic carbocycles. The van der Waals surface area contributed by atoms with Gasteiger partial charge in [-0.3, -0.25) is 0 Å². The molecular weight excluding hydrogens is 522 g/mol. The average molecular weight is 565 g/mol. The molecule has 41 heavy (non-hydrogen) atoms. The van der Waals surface area contributed by atoms with Crippen molar-refractivity contribution in [3.05, 3.63) is 53.6 Å². The Morgan fingerprint density at radius 1 is 0.854 bits per heavy atom. The molecule has 1 aliphatic carbocycles. The monoisotopic (exact) mass is 564 g/mol. The first-order valence-electron chi connectivity index (χ1n) is 15.5. The molecule has 1 saturated heterocycles. The molecule has 6 heterocycles. The maximum absolute atomic E-state index is 15.8. The molecule has 0 amide bonds. The standard InChI is InChI=1S/C33H42F2N4O2/c1-23-25-8-6-9-27(21-25)33(34,35)26-12-10-24(11-13-26)7-4-2-3-5-18-41-32-30-22-28(39-16-19-40-20-17-39)14-15-29(30)31(36-23)37-38-32/h6,8-9,14-15,21-24,26H,2-5,7,10-13,16-20H2,1H3,(H,36,37)/t23-,24?,26?/m1/s1. The summed E-state index contributed by atoms with van der Waals surface area (Å²) < 4.78 is 43.3. The molecule has 0 spiro atoms. The molecule has 1 aromatic heterocycles. The van der Waals surface area contributed by atoms with Gasteiger partial charge in [0.15, 0.2) is 5.82 Å². The topological polar surface area (TPSA) is 59.5 Å². The van der Waals surface area contributed by atoms with Crippen LogP contribution in [0.3, 0.4) is 0 Å². The number of nitrogens with zero attached hydrogens (tertiary/aromatic N) is 3. The van der Waals surface area contributed by atoms with Gasteiger partial charge < -0.3 is 19.7 Å². The number of hydrogen-bond donors (Lipinski definition) is 1. The number of ether oxygens (including phenoxy) is 2. The third-order valence-electron chi connectivity index (χ3n) is 9.34. The van der Waals surface area contributed by atoms with Gasteiger partial charge in [0, 0.05) is 35.6 Å². The van der Waals surface area contributed by atoms with Gasteiger partial charge in [-0.05, 0) is 74.8 Å². The Bertz CT molecular complexity index is 1320. The maximum Gasteiger partial charge on any atom is 0.276 e. The Labute approximate surface area is 241 Å². The predicted octanol–water partition coefficient (Wildman–Crippen LogP) is 7.88. The molecule has 0 radical (unpaired) electrons. The van der Waals surface area contributed by atoms with E-state index in [0.29, 0.717) is 50.3 Å². The lowest BCUT2D eigenvalue weighted by Gasteiger charge is -2.34. The first kappa shape index (κ1) is 28.1. The molecule has 1 atom stereocenters. The van der Waals surface area contributed by atoms with E-state index in [9.17, 15) is 0 Å². The molecule has 9 rings (SSSR count). The minimum atomic E-state index is -2.83. The zero-order chi connectivity index (χ0) is 28.2. The summed E-state index contributed by atoms with van der Waals surface area (Å²) in [7, 11) is 0. The Hall–Kier alpha value is -3.00. The van der Waals surface area contributed by atoms with E-state index in [1.54, 1.807) is 18.2 Å². The summed E-state index contributed by atoms with van der Waals surface area (Å²) in [5, 5.41) is 14.3. The van der Waals surface area contributed by atoms with Crippen LogP contribution in [0.5, 0.6) is 5.88 Å². The van der Waals surface area contributed by atoms with Crippen LogP contribution in [-0.2, 0) is 10.7 Å². The van der Waals surface area contributed by atoms with Gasteiger partial charge >= 0.3 is 0 Å². The number of morpholine rings is 1. The third-order valence-corrected chi connectivity index (χ3v) is 9.34. The van der Waals surface area contributed by atoms with Crippen LogP contribution in [-0.4, -0.2) is 43.1 Å². The SMILES string of the molecule is C[C@H]1Nc2nnc(c3cc(N4CCOCC4)ccc23)OCCCCCCC2CCC(CC2)C(F)(F)c2cccc1c2. The largest absolute Gasteiger partial charge is 0.476 e. The lowest BCUT2D eigenvalue weighted by Crippen LogP contribution is -2.36. The van der Waals surface area contributed by atoms with Gasteiger partial charge in [0.05, 0.1) is 31.2 Å². The zero-order valence-electron chi connectivity index (χ0n) is 24.1. The van der Waals surface area contributed by atoms with Crippen molar-refractivity contribution in [2.24, 2.45) is 11.8 Å². The Kier molecular flexibility index (Phi) is 8.56. The Morgan fingerprint density at radius 3 is 2.49 bits per heavy atom. The van der Waals surface area contributed by atoms with Gasteiger partial charge in [-0.1, -0.05) is 43.9 Å². The number of anilines is 2. The van der Waals surface area contributed by atoms with E-state index in [-0.39, 0.29) is 11.6 Å². The van der Waals surface area contributed by atoms with E-state index in [4.69, 9.17) is 9.47 Å². The van der Waals surface area contributed by atoms with Crippen molar-refractivity contribution in [2.75, 3.05) is 43.1 Å². The summed E-state index contributed by atoms with van der Waals surface area (Å²) >= 11 is 0. The number of alkyl halides is 2. The van der Waals surface area contributed by atoms with Crippen LogP contribution in [0.4, 0.5) is 20.3 Å². The number of nitrogens with one attached hydrogen (secondary N) is 1. The van der Waals surface area contributed by atoms with E-state index in [1.807, 2.05) is 13.0 Å². The number of rotatable bonds is 1. The number of hydrogen-bond acceptors (Lipinski definition) is 6. The molecule has 3 aromatic rings. The van der Waals surface area contributed by atoms with Crippen LogP contribution < -0.4 is 15.0 Å². The molecule has 6 nitrogen and oxygen atoms in total. The summed E-state index contributed by atoms with van der Waals surface area (Å²) in [6.45, 7) is 5.68. The van der Waals surface area contributed by atoms with Crippen molar-refractivity contribution in [2.45, 2.75) is 76.7 Å². The van der Waals surface area contributed by atoms with Crippen molar-refractivity contribution >= 4 is 22.3 Å². The maximum atomic E-state index is 15.8. The first-order valence-corrected chi connectivity index (χ1v) is 15.5. The molecule has 1 saturated carbocycles. The molecule has 5 aliphatic heterocycles. The fourth-order valence-corrected chi connectivity index (χ4v) is 6.76. The van der Waals surface area contributed by atoms with Crippen LogP contribution in [0.25, 0.3) is 10.8 Å². The summed E-state index contributed by atoms with van der Waals surface area (Å²) in [4.78, 5) is 2.31. The van der Waals surface area contributed by atoms with Crippen LogP contribution in [0.15, 0.2) is 42.5 Å². The second-order valence-electron chi connectivity index (χ2n) is 12.1. The Balaban J connectivity index is 1.33. The van der Waals surface area contributed by atoms with Gasteiger partial charge in [0.25, 0.3) is 5.92 Å². The van der Waals surface area contributed by atoms with E-state index in [2.05, 4.69) is 38.6 Å². The molecule has 1 N–H and O–H groups in total. The second kappa shape index (κ2) is 12.5. The zero-order valence-corrected chi connectivity index (χ0v) is 24.1. The van der Waals surface area contributed by atoms with E-state index < -0.39 is 11.8 Å². The summed E-state index contributed by atoms with van der Waals surface area (Å²) in [6, 6.07) is 13.0. The van der Waals surface area contributed by atoms with Crippen molar-refractivity contribution in [1.29, 1.82) is 0 Å². The van der Waals surface area contributed by atoms with Crippen molar-refractivity contribution in [1.82, 2.24) is 10.2 Å². The highest BCUT2D eigenvalue weighted by atomic mass is 19.3.